The minimum Gasteiger partial charge on any atom is -0.497 e. The zero-order valence-corrected chi connectivity index (χ0v) is 13.2. The molecule has 0 spiro atoms. The Balaban J connectivity index is 2.06. The number of carbonyl (C=O) groups is 1. The molecule has 0 aliphatic heterocycles. The lowest BCUT2D eigenvalue weighted by molar-refractivity contribution is -0.145. The smallest absolute Gasteiger partial charge is 0.342 e. The van der Waals surface area contributed by atoms with E-state index in [0.29, 0.717) is 17.7 Å². The highest BCUT2D eigenvalue weighted by molar-refractivity contribution is 5.97. The van der Waals surface area contributed by atoms with Gasteiger partial charge in [-0.3, -0.25) is 0 Å². The average Bonchev–Trinajstić information content (AvgIpc) is 2.61. The highest BCUT2D eigenvalue weighted by Gasteiger charge is 2.20. The first-order valence-corrected chi connectivity index (χ1v) is 7.39. The lowest BCUT2D eigenvalue weighted by atomic mass is 9.97. The Bertz CT molecular complexity index is 666. The number of nitrogens with two attached hydrogens (primary N) is 1. The summed E-state index contributed by atoms with van der Waals surface area (Å²) in [5, 5.41) is 3.75. The van der Waals surface area contributed by atoms with Crippen molar-refractivity contribution in [2.45, 2.75) is 19.3 Å². The Morgan fingerprint density at radius 1 is 1.13 bits per heavy atom. The van der Waals surface area contributed by atoms with Crippen LogP contribution in [0.3, 0.4) is 0 Å². The van der Waals surface area contributed by atoms with Crippen molar-refractivity contribution in [2.75, 3.05) is 7.11 Å². The van der Waals surface area contributed by atoms with Crippen LogP contribution in [0, 0.1) is 0 Å². The fourth-order valence-electron chi connectivity index (χ4n) is 2.20. The number of carbonyl (C=O) groups excluding carboxylic acids is 1. The third kappa shape index (κ3) is 4.32. The van der Waals surface area contributed by atoms with Gasteiger partial charge in [-0.15, -0.1) is 0 Å². The Morgan fingerprint density at radius 2 is 1.78 bits per heavy atom. The monoisotopic (exact) mass is 312 g/mol. The molecule has 0 aliphatic carbocycles. The van der Waals surface area contributed by atoms with Crippen LogP contribution in [-0.4, -0.2) is 18.9 Å². The number of rotatable bonds is 6. The van der Waals surface area contributed by atoms with Crippen molar-refractivity contribution in [3.05, 3.63) is 65.7 Å². The molecule has 0 fully saturated rings. The fourth-order valence-corrected chi connectivity index (χ4v) is 2.20. The van der Waals surface area contributed by atoms with Crippen LogP contribution in [0.25, 0.3) is 0 Å². The lowest BCUT2D eigenvalue weighted by Crippen LogP contribution is -2.18. The number of nitrogens with zero attached hydrogens (tertiary/aromatic N) is 1. The molecule has 2 aromatic carbocycles. The van der Waals surface area contributed by atoms with Gasteiger partial charge in [0.25, 0.3) is 0 Å². The molecular weight excluding hydrogens is 292 g/mol. The van der Waals surface area contributed by atoms with Crippen molar-refractivity contribution in [3.63, 3.8) is 0 Å². The Morgan fingerprint density at radius 3 is 2.35 bits per heavy atom. The predicted molar refractivity (Wildman–Crippen MR) is 89.3 cm³/mol. The van der Waals surface area contributed by atoms with E-state index in [1.165, 1.54) is 0 Å². The molecule has 0 heterocycles. The summed E-state index contributed by atoms with van der Waals surface area (Å²) in [5.41, 5.74) is 7.41. The van der Waals surface area contributed by atoms with Crippen molar-refractivity contribution in [1.29, 1.82) is 0 Å². The third-order valence-corrected chi connectivity index (χ3v) is 3.51. The predicted octanol–water partition coefficient (Wildman–Crippen LogP) is 3.05. The molecule has 0 unspecified atom stereocenters. The van der Waals surface area contributed by atoms with E-state index >= 15 is 0 Å². The molecule has 2 rings (SSSR count). The molecule has 23 heavy (non-hydrogen) atoms. The van der Waals surface area contributed by atoms with Crippen LogP contribution in [0.5, 0.6) is 5.75 Å². The second kappa shape index (κ2) is 7.98. The first-order valence-electron chi connectivity index (χ1n) is 7.39. The van der Waals surface area contributed by atoms with Gasteiger partial charge in [-0.1, -0.05) is 42.4 Å². The Hall–Kier alpha value is -2.82. The lowest BCUT2D eigenvalue weighted by Gasteiger charge is -2.11. The maximum absolute atomic E-state index is 12.2. The molecule has 0 saturated heterocycles. The first kappa shape index (κ1) is 16.5. The van der Waals surface area contributed by atoms with Crippen LogP contribution in [0.2, 0.25) is 0 Å². The summed E-state index contributed by atoms with van der Waals surface area (Å²) in [7, 11) is 1.59. The van der Waals surface area contributed by atoms with Gasteiger partial charge < -0.3 is 15.3 Å². The van der Waals surface area contributed by atoms with Crippen LogP contribution in [0.1, 0.15) is 30.4 Å². The number of hydrogen-bond donors (Lipinski definition) is 1. The molecule has 120 valence electrons. The van der Waals surface area contributed by atoms with Crippen molar-refractivity contribution < 1.29 is 14.4 Å². The molecule has 0 bridgehead atoms. The number of methoxy groups -OCH3 is 1. The van der Waals surface area contributed by atoms with E-state index < -0.39 is 5.97 Å². The van der Waals surface area contributed by atoms with Gasteiger partial charge in [0, 0.05) is 5.56 Å². The summed E-state index contributed by atoms with van der Waals surface area (Å²) < 4.78 is 5.08. The van der Waals surface area contributed by atoms with Gasteiger partial charge in [-0.25, -0.2) is 4.79 Å². The van der Waals surface area contributed by atoms with E-state index in [-0.39, 0.29) is 11.8 Å². The Kier molecular flexibility index (Phi) is 5.74. The molecule has 0 radical (unpaired) electrons. The molecule has 2 N–H and O–H groups in total. The van der Waals surface area contributed by atoms with Gasteiger partial charge >= 0.3 is 5.97 Å². The maximum atomic E-state index is 12.2. The highest BCUT2D eigenvalue weighted by atomic mass is 16.7. The molecule has 0 amide bonds. The standard InChI is InChI=1S/C18H20N2O3/c1-3-16(13-7-5-4-6-8-13)18(21)23-20-17(19)14-9-11-15(22-2)12-10-14/h4-12,16H,3H2,1-2H3,(H2,19,20)/t16-/m0/s1. The van der Waals surface area contributed by atoms with Crippen LogP contribution < -0.4 is 10.5 Å². The zero-order chi connectivity index (χ0) is 16.7. The van der Waals surface area contributed by atoms with Crippen molar-refractivity contribution in [3.8, 4) is 5.75 Å². The summed E-state index contributed by atoms with van der Waals surface area (Å²) in [6.45, 7) is 1.93. The number of benzene rings is 2. The van der Waals surface area contributed by atoms with Gasteiger partial charge in [-0.05, 0) is 36.2 Å². The van der Waals surface area contributed by atoms with Gasteiger partial charge in [0.2, 0.25) is 0 Å². The quantitative estimate of drug-likeness (QED) is 0.385. The summed E-state index contributed by atoms with van der Waals surface area (Å²) in [5.74, 6) is 0.0800. The number of hydrogen-bond acceptors (Lipinski definition) is 4. The molecule has 2 aromatic rings. The van der Waals surface area contributed by atoms with Gasteiger partial charge in [0.05, 0.1) is 13.0 Å². The molecule has 5 heteroatoms. The number of amidine groups is 1. The number of oxime groups is 1. The summed E-state index contributed by atoms with van der Waals surface area (Å²) in [4.78, 5) is 17.2. The summed E-state index contributed by atoms with van der Waals surface area (Å²) >= 11 is 0. The molecule has 0 aliphatic rings. The fraction of sp³-hybridized carbons (Fsp3) is 0.222. The summed E-state index contributed by atoms with van der Waals surface area (Å²) in [6, 6.07) is 16.5. The molecule has 0 aromatic heterocycles. The van der Waals surface area contributed by atoms with E-state index in [9.17, 15) is 4.79 Å². The number of ether oxygens (including phenoxy) is 1. The molecule has 0 saturated carbocycles. The van der Waals surface area contributed by atoms with Gasteiger partial charge in [0.1, 0.15) is 5.75 Å². The SMILES string of the molecule is CC[C@H](C(=O)O/N=C(/N)c1ccc(OC)cc1)c1ccccc1. The zero-order valence-electron chi connectivity index (χ0n) is 13.2. The molecular formula is C18H20N2O3. The normalized spacial score (nSPS) is 12.5. The van der Waals surface area contributed by atoms with Crippen molar-refractivity contribution in [2.24, 2.45) is 10.9 Å². The average molecular weight is 312 g/mol. The van der Waals surface area contributed by atoms with E-state index in [4.69, 9.17) is 15.3 Å². The van der Waals surface area contributed by atoms with E-state index in [2.05, 4.69) is 5.16 Å². The van der Waals surface area contributed by atoms with Crippen LogP contribution >= 0.6 is 0 Å². The third-order valence-electron chi connectivity index (χ3n) is 3.51. The topological polar surface area (TPSA) is 73.9 Å². The van der Waals surface area contributed by atoms with Crippen LogP contribution in [-0.2, 0) is 9.63 Å². The minimum absolute atomic E-state index is 0.143. The van der Waals surface area contributed by atoms with E-state index in [1.54, 1.807) is 31.4 Å². The van der Waals surface area contributed by atoms with E-state index in [0.717, 1.165) is 5.56 Å². The highest BCUT2D eigenvalue weighted by Crippen LogP contribution is 2.21. The molecule has 5 nitrogen and oxygen atoms in total. The second-order valence-corrected chi connectivity index (χ2v) is 4.99. The van der Waals surface area contributed by atoms with Crippen molar-refractivity contribution >= 4 is 11.8 Å². The maximum Gasteiger partial charge on any atom is 0.342 e. The largest absolute Gasteiger partial charge is 0.497 e. The molecule has 1 atom stereocenters. The Labute approximate surface area is 135 Å². The first-order chi connectivity index (χ1) is 11.2. The summed E-state index contributed by atoms with van der Waals surface area (Å²) in [6.07, 6.45) is 0.626. The minimum atomic E-state index is -0.421. The van der Waals surface area contributed by atoms with Crippen LogP contribution in [0.4, 0.5) is 0 Å². The van der Waals surface area contributed by atoms with Crippen LogP contribution in [0.15, 0.2) is 59.8 Å². The van der Waals surface area contributed by atoms with E-state index in [1.807, 2.05) is 37.3 Å². The van der Waals surface area contributed by atoms with Crippen molar-refractivity contribution in [1.82, 2.24) is 0 Å². The van der Waals surface area contributed by atoms with Gasteiger partial charge in [0.15, 0.2) is 5.84 Å². The second-order valence-electron chi connectivity index (χ2n) is 4.99. The van der Waals surface area contributed by atoms with Gasteiger partial charge in [-0.2, -0.15) is 0 Å².